The Morgan fingerprint density at radius 1 is 1.21 bits per heavy atom. The van der Waals surface area contributed by atoms with Crippen LogP contribution in [-0.2, 0) is 0 Å². The number of hydrogen-bond acceptors (Lipinski definition) is 1. The molecule has 0 heterocycles. The molecule has 1 rings (SSSR count). The van der Waals surface area contributed by atoms with E-state index in [4.69, 9.17) is 0 Å². The molecule has 0 aliphatic heterocycles. The highest BCUT2D eigenvalue weighted by Gasteiger charge is 1.86. The molecule has 1 aromatic carbocycles. The minimum absolute atomic E-state index is 0.990. The number of rotatable bonds is 3. The second-order valence-corrected chi connectivity index (χ2v) is 3.25. The van der Waals surface area contributed by atoms with Crippen molar-refractivity contribution in [3.63, 3.8) is 0 Å². The summed E-state index contributed by atoms with van der Waals surface area (Å²) in [7, 11) is 0. The average molecular weight is 220 g/mol. The number of benzene rings is 1. The summed E-state index contributed by atoms with van der Waals surface area (Å²) >= 11 is 1.80. The van der Waals surface area contributed by atoms with Crippen LogP contribution in [0.3, 0.4) is 0 Å². The Morgan fingerprint density at radius 3 is 2.14 bits per heavy atom. The van der Waals surface area contributed by atoms with Crippen molar-refractivity contribution in [1.29, 1.82) is 0 Å². The first-order valence-corrected chi connectivity index (χ1v) is 4.86. The smallest absolute Gasteiger partial charge is 0.174 e. The molecule has 14 heavy (non-hydrogen) atoms. The predicted octanol–water partition coefficient (Wildman–Crippen LogP) is 4.14. The summed E-state index contributed by atoms with van der Waals surface area (Å²) in [5.41, 5.74) is 0. The number of hydrogen-bond donors (Lipinski definition) is 0. The van der Waals surface area contributed by atoms with E-state index in [1.807, 2.05) is 24.3 Å². The maximum absolute atomic E-state index is 9.67. The molecule has 0 nitrogen and oxygen atoms in total. The Bertz CT molecular complexity index is 234. The molecule has 0 fully saturated rings. The SMILES string of the molecule is C=CCSc1ccccc1.FC(F)F. The zero-order valence-corrected chi connectivity index (χ0v) is 8.31. The maximum atomic E-state index is 9.67. The van der Waals surface area contributed by atoms with Gasteiger partial charge in [0.1, 0.15) is 0 Å². The van der Waals surface area contributed by atoms with Crippen molar-refractivity contribution in [2.45, 2.75) is 11.6 Å². The van der Waals surface area contributed by atoms with E-state index in [2.05, 4.69) is 18.7 Å². The van der Waals surface area contributed by atoms with Crippen molar-refractivity contribution in [1.82, 2.24) is 0 Å². The number of thioether (sulfide) groups is 1. The van der Waals surface area contributed by atoms with Gasteiger partial charge in [0.2, 0.25) is 0 Å². The Hall–Kier alpha value is -0.900. The fraction of sp³-hybridized carbons (Fsp3) is 0.200. The monoisotopic (exact) mass is 220 g/mol. The topological polar surface area (TPSA) is 0 Å². The Balaban J connectivity index is 0.000000364. The van der Waals surface area contributed by atoms with Gasteiger partial charge in [0, 0.05) is 10.6 Å². The highest BCUT2D eigenvalue weighted by molar-refractivity contribution is 7.99. The van der Waals surface area contributed by atoms with Crippen LogP contribution in [0.4, 0.5) is 13.2 Å². The highest BCUT2D eigenvalue weighted by atomic mass is 32.2. The van der Waals surface area contributed by atoms with E-state index in [-0.39, 0.29) is 0 Å². The standard InChI is InChI=1S/C9H10S.CHF3/c1-2-8-10-9-6-4-3-5-7-9;2-1(3)4/h2-7H,1,8H2;1H. The van der Waals surface area contributed by atoms with Gasteiger partial charge in [-0.05, 0) is 12.1 Å². The molecule has 0 spiro atoms. The first-order valence-electron chi connectivity index (χ1n) is 3.87. The molecule has 0 aliphatic rings. The quantitative estimate of drug-likeness (QED) is 0.545. The molecule has 1 aromatic rings. The number of alkyl halides is 3. The lowest BCUT2D eigenvalue weighted by Gasteiger charge is -1.94. The lowest BCUT2D eigenvalue weighted by molar-refractivity contribution is 0.00819. The van der Waals surface area contributed by atoms with Gasteiger partial charge in [-0.25, -0.2) is 0 Å². The van der Waals surface area contributed by atoms with Crippen LogP contribution in [0.25, 0.3) is 0 Å². The molecular weight excluding hydrogens is 209 g/mol. The normalized spacial score (nSPS) is 9.14. The predicted molar refractivity (Wildman–Crippen MR) is 54.5 cm³/mol. The summed E-state index contributed by atoms with van der Waals surface area (Å²) in [5.74, 6) is 0.990. The third kappa shape index (κ3) is 9.19. The van der Waals surface area contributed by atoms with Crippen molar-refractivity contribution in [2.24, 2.45) is 0 Å². The first kappa shape index (κ1) is 13.1. The number of halogens is 3. The average Bonchev–Trinajstić information content (AvgIpc) is 2.15. The van der Waals surface area contributed by atoms with Gasteiger partial charge in [0.15, 0.2) is 0 Å². The molecule has 0 atom stereocenters. The van der Waals surface area contributed by atoms with Crippen LogP contribution in [0.2, 0.25) is 0 Å². The molecule has 78 valence electrons. The zero-order valence-electron chi connectivity index (χ0n) is 7.50. The summed E-state index contributed by atoms with van der Waals surface area (Å²) in [6, 6.07) is 10.3. The van der Waals surface area contributed by atoms with Gasteiger partial charge in [-0.2, -0.15) is 13.2 Å². The van der Waals surface area contributed by atoms with Crippen molar-refractivity contribution >= 4 is 11.8 Å². The lowest BCUT2D eigenvalue weighted by Crippen LogP contribution is -1.70. The molecule has 0 bridgehead atoms. The molecule has 0 radical (unpaired) electrons. The van der Waals surface area contributed by atoms with Crippen molar-refractivity contribution in [2.75, 3.05) is 5.75 Å². The van der Waals surface area contributed by atoms with Crippen LogP contribution < -0.4 is 0 Å². The van der Waals surface area contributed by atoms with E-state index in [9.17, 15) is 13.2 Å². The molecular formula is C10H11F3S. The molecule has 0 N–H and O–H groups in total. The van der Waals surface area contributed by atoms with E-state index in [0.717, 1.165) is 5.75 Å². The third-order valence-electron chi connectivity index (χ3n) is 1.11. The molecule has 0 aliphatic carbocycles. The Kier molecular flexibility index (Phi) is 8.13. The summed E-state index contributed by atoms with van der Waals surface area (Å²) in [5, 5.41) is 0. The van der Waals surface area contributed by atoms with Crippen molar-refractivity contribution < 1.29 is 13.2 Å². The maximum Gasteiger partial charge on any atom is 0.379 e. The molecule has 4 heteroatoms. The minimum Gasteiger partial charge on any atom is -0.174 e. The van der Waals surface area contributed by atoms with Gasteiger partial charge in [-0.3, -0.25) is 0 Å². The van der Waals surface area contributed by atoms with Gasteiger partial charge in [-0.1, -0.05) is 24.3 Å². The molecule has 0 unspecified atom stereocenters. The first-order chi connectivity index (χ1) is 6.66. The molecule has 0 aromatic heterocycles. The molecule has 0 saturated heterocycles. The minimum atomic E-state index is -3.67. The summed E-state index contributed by atoms with van der Waals surface area (Å²) in [6.07, 6.45) is 1.91. The van der Waals surface area contributed by atoms with Gasteiger partial charge in [0.05, 0.1) is 0 Å². The fourth-order valence-electron chi connectivity index (χ4n) is 0.672. The van der Waals surface area contributed by atoms with E-state index in [1.54, 1.807) is 11.8 Å². The van der Waals surface area contributed by atoms with Crippen LogP contribution in [0.1, 0.15) is 0 Å². The Morgan fingerprint density at radius 2 is 1.71 bits per heavy atom. The molecule has 0 amide bonds. The van der Waals surface area contributed by atoms with Crippen molar-refractivity contribution in [3.8, 4) is 0 Å². The summed E-state index contributed by atoms with van der Waals surface area (Å²) < 4.78 is 29.0. The van der Waals surface area contributed by atoms with Gasteiger partial charge >= 0.3 is 6.68 Å². The van der Waals surface area contributed by atoms with E-state index < -0.39 is 6.68 Å². The van der Waals surface area contributed by atoms with E-state index >= 15 is 0 Å². The largest absolute Gasteiger partial charge is 0.379 e. The van der Waals surface area contributed by atoms with Crippen LogP contribution in [-0.4, -0.2) is 12.4 Å². The second kappa shape index (κ2) is 8.69. The summed E-state index contributed by atoms with van der Waals surface area (Å²) in [4.78, 5) is 1.31. The van der Waals surface area contributed by atoms with E-state index in [0.29, 0.717) is 0 Å². The van der Waals surface area contributed by atoms with Gasteiger partial charge in [0.25, 0.3) is 0 Å². The third-order valence-corrected chi connectivity index (χ3v) is 2.12. The van der Waals surface area contributed by atoms with Crippen molar-refractivity contribution in [3.05, 3.63) is 43.0 Å². The Labute approximate surface area is 85.8 Å². The zero-order chi connectivity index (χ0) is 10.8. The van der Waals surface area contributed by atoms with Crippen LogP contribution in [0, 0.1) is 0 Å². The summed E-state index contributed by atoms with van der Waals surface area (Å²) in [6.45, 7) is -0.0118. The molecule has 0 saturated carbocycles. The van der Waals surface area contributed by atoms with Gasteiger partial charge < -0.3 is 0 Å². The fourth-order valence-corrected chi connectivity index (χ4v) is 1.33. The van der Waals surface area contributed by atoms with Gasteiger partial charge in [-0.15, -0.1) is 18.3 Å². The lowest BCUT2D eigenvalue weighted by atomic mass is 10.4. The highest BCUT2D eigenvalue weighted by Crippen LogP contribution is 2.15. The van der Waals surface area contributed by atoms with E-state index in [1.165, 1.54) is 4.90 Å². The van der Waals surface area contributed by atoms with Crippen LogP contribution >= 0.6 is 11.8 Å². The van der Waals surface area contributed by atoms with Crippen LogP contribution in [0.15, 0.2) is 47.9 Å². The second-order valence-electron chi connectivity index (χ2n) is 2.16. The van der Waals surface area contributed by atoms with Crippen LogP contribution in [0.5, 0.6) is 0 Å².